The maximum absolute atomic E-state index is 5.01. The summed E-state index contributed by atoms with van der Waals surface area (Å²) in [6.07, 6.45) is 6.84. The van der Waals surface area contributed by atoms with Gasteiger partial charge in [0.1, 0.15) is 11.4 Å². The Hall–Kier alpha value is 0.979. The monoisotopic (exact) mass is 1090 g/mol. The van der Waals surface area contributed by atoms with Crippen LogP contribution in [-0.4, -0.2) is 108 Å². The van der Waals surface area contributed by atoms with Gasteiger partial charge in [0.05, 0.1) is 11.4 Å². The molecular weight excluding hydrogens is 1070 g/mol. The van der Waals surface area contributed by atoms with E-state index in [9.17, 15) is 0 Å². The molecule has 43 heavy (non-hydrogen) atoms. The summed E-state index contributed by atoms with van der Waals surface area (Å²) in [6.45, 7) is 0. The zero-order valence-electron chi connectivity index (χ0n) is 22.3. The Morgan fingerprint density at radius 3 is 1.35 bits per heavy atom. The largest absolute Gasteiger partial charge is 0.354 e. The van der Waals surface area contributed by atoms with Crippen LogP contribution in [0.25, 0.3) is 46.1 Å². The maximum Gasteiger partial charge on any atom is 0.200 e. The van der Waals surface area contributed by atoms with Gasteiger partial charge in [0.15, 0.2) is 11.6 Å². The van der Waals surface area contributed by atoms with E-state index in [1.807, 2.05) is 72.8 Å². The number of hydrogen-bond donors (Lipinski definition) is 1. The van der Waals surface area contributed by atoms with Gasteiger partial charge in [-0.2, -0.15) is 5.10 Å². The molecule has 10 nitrogen and oxygen atoms in total. The van der Waals surface area contributed by atoms with E-state index < -0.39 is 11.9 Å². The molecule has 6 aromatic heterocycles. The van der Waals surface area contributed by atoms with Crippen molar-refractivity contribution in [2.45, 2.75) is 0 Å². The average molecular weight is 1090 g/mol. The van der Waals surface area contributed by atoms with Crippen molar-refractivity contribution in [1.82, 2.24) is 50.3 Å². The number of halogens is 5. The smallest absolute Gasteiger partial charge is 0.200 e. The molecule has 0 amide bonds. The fourth-order valence-corrected chi connectivity index (χ4v) is 2.94. The summed E-state index contributed by atoms with van der Waals surface area (Å²) in [4.78, 5) is 25.4. The molecule has 0 aromatic carbocycles. The van der Waals surface area contributed by atoms with Crippen LogP contribution in [0.2, 0.25) is 0 Å². The summed E-state index contributed by atoms with van der Waals surface area (Å²) in [6, 6.07) is 22.4. The van der Waals surface area contributed by atoms with Crippen molar-refractivity contribution in [3.05, 3.63) is 97.6 Å². The van der Waals surface area contributed by atoms with E-state index in [1.54, 1.807) is 43.6 Å². The summed E-state index contributed by atoms with van der Waals surface area (Å²) < 4.78 is 0. The molecule has 220 valence electrons. The quantitative estimate of drug-likeness (QED) is 0.206. The molecule has 19 heteroatoms. The normalized spacial score (nSPS) is 10.3. The Morgan fingerprint density at radius 1 is 0.605 bits per heavy atom. The number of nitrogens with one attached hydrogen (secondary N) is 1. The standard InChI is InChI=1S/C12H9N5.C12H8N5.5ClH.2K.2Pt/c2*1-3-7-13-9(5-1)11-15-12(17-16-11)10-6-2-4-8-14-10;;;;;;;;;/h1-8H,(H,15,16,17);1-8H;5*1H;;;;/q;-1;;;;;;;;+2;+4/p-5. The number of hydrogen-bond acceptors (Lipinski definition) is 8. The Bertz CT molecular complexity index is 1340. The minimum absolute atomic E-state index is 0.520. The van der Waals surface area contributed by atoms with E-state index in [4.69, 9.17) is 37.7 Å². The first-order valence-electron chi connectivity index (χ1n) is 11.9. The Morgan fingerprint density at radius 2 is 0.977 bits per heavy atom. The summed E-state index contributed by atoms with van der Waals surface area (Å²) in [5.41, 5.74) is 2.93. The predicted molar refractivity (Wildman–Crippen MR) is 165 cm³/mol. The third-order valence-electron chi connectivity index (χ3n) is 4.53. The van der Waals surface area contributed by atoms with Crippen molar-refractivity contribution in [2.24, 2.45) is 0 Å². The van der Waals surface area contributed by atoms with Gasteiger partial charge in [0.2, 0.25) is 0 Å². The van der Waals surface area contributed by atoms with Crippen LogP contribution in [0.15, 0.2) is 97.6 Å². The number of H-pyrrole nitrogens is 1. The van der Waals surface area contributed by atoms with Crippen molar-refractivity contribution >= 4 is 110 Å². The molecule has 0 bridgehead atoms. The first-order valence-corrected chi connectivity index (χ1v) is 42.0. The molecule has 0 spiro atoms. The van der Waals surface area contributed by atoms with Gasteiger partial charge in [-0.25, -0.2) is 4.98 Å². The van der Waals surface area contributed by atoms with Crippen LogP contribution < -0.4 is 4.98 Å². The number of aromatic amines is 1. The van der Waals surface area contributed by atoms with Crippen LogP contribution in [-0.2, 0) is 30.7 Å². The molecule has 0 atom stereocenters. The summed E-state index contributed by atoms with van der Waals surface area (Å²) >= 11 is 1.06. The minimum atomic E-state index is -3.06. The first kappa shape index (κ1) is 40.2. The maximum atomic E-state index is 5.01. The van der Waals surface area contributed by atoms with Gasteiger partial charge >= 0.3 is 141 Å². The molecule has 6 rings (SSSR count). The summed E-state index contributed by atoms with van der Waals surface area (Å²) in [7, 11) is 24.6. The fraction of sp³-hybridized carbons (Fsp3) is 0. The molecule has 0 radical (unpaired) electrons. The second-order valence-corrected chi connectivity index (χ2v) is 26.8. The molecule has 0 saturated heterocycles. The molecule has 6 heterocycles. The predicted octanol–water partition coefficient (Wildman–Crippen LogP) is 6.17. The van der Waals surface area contributed by atoms with Crippen molar-refractivity contribution in [2.75, 3.05) is 0 Å². The van der Waals surface area contributed by atoms with E-state index in [1.165, 1.54) is 63.2 Å². The van der Waals surface area contributed by atoms with Crippen molar-refractivity contribution in [3.8, 4) is 46.1 Å². The van der Waals surface area contributed by atoms with E-state index in [2.05, 4.69) is 59.7 Å². The van der Waals surface area contributed by atoms with Crippen LogP contribution in [0.4, 0.5) is 0 Å². The number of pyridine rings is 4. The number of rotatable bonds is 4. The molecule has 0 aliphatic heterocycles. The van der Waals surface area contributed by atoms with Gasteiger partial charge in [-0.15, -0.1) is 0 Å². The second-order valence-electron chi connectivity index (χ2n) is 7.10. The molecule has 6 aromatic rings. The van der Waals surface area contributed by atoms with Crippen LogP contribution in [0.1, 0.15) is 0 Å². The van der Waals surface area contributed by atoms with Crippen molar-refractivity contribution < 1.29 is 30.7 Å². The molecule has 0 fully saturated rings. The molecule has 0 aliphatic carbocycles. The van der Waals surface area contributed by atoms with Gasteiger partial charge in [-0.05, 0) is 48.5 Å². The van der Waals surface area contributed by atoms with Crippen LogP contribution in [0.5, 0.6) is 0 Å². The van der Waals surface area contributed by atoms with E-state index in [-0.39, 0.29) is 0 Å². The Balaban J connectivity index is 0.000000237. The van der Waals surface area contributed by atoms with E-state index >= 15 is 0 Å². The van der Waals surface area contributed by atoms with E-state index in [0.29, 0.717) is 34.7 Å². The number of nitrogens with zero attached hydrogens (tertiary/aromatic N) is 9. The fourth-order valence-electron chi connectivity index (χ4n) is 2.94. The topological polar surface area (TPSA) is 133 Å². The van der Waals surface area contributed by atoms with Gasteiger partial charge in [-0.3, -0.25) is 25.0 Å². The molecule has 0 unspecified atom stereocenters. The molecule has 0 saturated carbocycles. The van der Waals surface area contributed by atoms with Crippen LogP contribution >= 0.6 is 47.1 Å². The molecule has 0 aliphatic rings. The summed E-state index contributed by atoms with van der Waals surface area (Å²) in [5.74, 6) is 2.26. The van der Waals surface area contributed by atoms with Gasteiger partial charge in [0.25, 0.3) is 0 Å². The van der Waals surface area contributed by atoms with Crippen LogP contribution in [0.3, 0.4) is 0 Å². The first-order chi connectivity index (χ1) is 20.9. The van der Waals surface area contributed by atoms with Crippen molar-refractivity contribution in [3.63, 3.8) is 0 Å². The third kappa shape index (κ3) is 16.1. The molecular formula is C24H17Cl5K2N10Pt2. The molecule has 1 N–H and O–H groups in total. The SMILES string of the molecule is [Cl][Pt+].[Cl][Pt]([Cl])([Cl])[Cl].[K][K].c1ccc(-c2n[nH]c(-c3ccccn3)n2)nc1.c1ccc(-c2nnc(-c3ccccn3)[n-]2)nc1. The Kier molecular flexibility index (Phi) is 21.8. The zero-order valence-corrected chi connectivity index (χ0v) is 36.9. The van der Waals surface area contributed by atoms with Gasteiger partial charge in [0, 0.05) is 36.4 Å². The Labute approximate surface area is 327 Å². The second kappa shape index (κ2) is 23.3. The van der Waals surface area contributed by atoms with Crippen molar-refractivity contribution in [1.29, 1.82) is 0 Å². The zero-order chi connectivity index (χ0) is 31.5. The number of aromatic nitrogens is 10. The van der Waals surface area contributed by atoms with E-state index in [0.717, 1.165) is 11.4 Å². The van der Waals surface area contributed by atoms with Crippen LogP contribution in [0, 0.1) is 0 Å². The van der Waals surface area contributed by atoms with Gasteiger partial charge < -0.3 is 15.2 Å². The average Bonchev–Trinajstić information content (AvgIpc) is 3.76. The third-order valence-corrected chi connectivity index (χ3v) is 4.53. The minimum Gasteiger partial charge on any atom is -0.354 e. The van der Waals surface area contributed by atoms with Gasteiger partial charge in [-0.1, -0.05) is 24.3 Å². The summed E-state index contributed by atoms with van der Waals surface area (Å²) in [5, 5.41) is 15.0.